The van der Waals surface area contributed by atoms with Gasteiger partial charge in [-0.05, 0) is 18.4 Å². The van der Waals surface area contributed by atoms with Gasteiger partial charge in [-0.15, -0.1) is 0 Å². The van der Waals surface area contributed by atoms with Crippen LogP contribution in [0.15, 0.2) is 47.4 Å². The quantitative estimate of drug-likeness (QED) is 0.825. The van der Waals surface area contributed by atoms with Crippen molar-refractivity contribution in [3.8, 4) is 0 Å². The molecule has 4 rings (SSSR count). The number of aliphatic hydroxyl groups excluding tert-OH is 1. The zero-order valence-corrected chi connectivity index (χ0v) is 15.4. The summed E-state index contributed by atoms with van der Waals surface area (Å²) in [7, 11) is 0. The molecule has 8 nitrogen and oxygen atoms in total. The molecule has 1 unspecified atom stereocenters. The lowest BCUT2D eigenvalue weighted by Gasteiger charge is -2.30. The second-order valence-electron chi connectivity index (χ2n) is 6.57. The number of nitrogens with one attached hydrogen (secondary N) is 1. The number of thioether (sulfide) groups is 1. The van der Waals surface area contributed by atoms with Gasteiger partial charge in [-0.3, -0.25) is 4.79 Å². The van der Waals surface area contributed by atoms with E-state index >= 15 is 0 Å². The zero-order chi connectivity index (χ0) is 18.8. The summed E-state index contributed by atoms with van der Waals surface area (Å²) in [6.45, 7) is 1.46. The molecule has 0 radical (unpaired) electrons. The van der Waals surface area contributed by atoms with Crippen LogP contribution in [-0.4, -0.2) is 50.6 Å². The SMILES string of the molecule is O=C1C=C(O)N2N=C(C3CCN(C(=O)OCc4ccccc4)CC3)SC2N1. The van der Waals surface area contributed by atoms with E-state index in [0.29, 0.717) is 13.1 Å². The molecule has 1 aromatic carbocycles. The van der Waals surface area contributed by atoms with Gasteiger partial charge in [0.1, 0.15) is 11.7 Å². The van der Waals surface area contributed by atoms with Crippen molar-refractivity contribution >= 4 is 28.8 Å². The molecule has 3 heterocycles. The molecule has 1 saturated heterocycles. The van der Waals surface area contributed by atoms with Crippen molar-refractivity contribution in [3.63, 3.8) is 0 Å². The highest BCUT2D eigenvalue weighted by Gasteiger charge is 2.38. The Balaban J connectivity index is 1.28. The van der Waals surface area contributed by atoms with E-state index in [1.165, 1.54) is 16.8 Å². The summed E-state index contributed by atoms with van der Waals surface area (Å²) in [6, 6.07) is 9.60. The third-order valence-electron chi connectivity index (χ3n) is 4.73. The highest BCUT2D eigenvalue weighted by atomic mass is 32.2. The first-order valence-corrected chi connectivity index (χ1v) is 9.69. The molecule has 0 saturated carbocycles. The Morgan fingerprint density at radius 2 is 2.04 bits per heavy atom. The van der Waals surface area contributed by atoms with Crippen molar-refractivity contribution in [1.82, 2.24) is 15.2 Å². The second-order valence-corrected chi connectivity index (χ2v) is 7.67. The van der Waals surface area contributed by atoms with Gasteiger partial charge in [-0.2, -0.15) is 10.1 Å². The largest absolute Gasteiger partial charge is 0.493 e. The maximum atomic E-state index is 12.3. The Labute approximate surface area is 160 Å². The number of hydrazone groups is 1. The van der Waals surface area contributed by atoms with Crippen molar-refractivity contribution in [2.75, 3.05) is 13.1 Å². The van der Waals surface area contributed by atoms with Crippen LogP contribution in [0.2, 0.25) is 0 Å². The topological polar surface area (TPSA) is 94.5 Å². The van der Waals surface area contributed by atoms with Gasteiger partial charge in [-0.25, -0.2) is 4.79 Å². The van der Waals surface area contributed by atoms with Crippen LogP contribution in [-0.2, 0) is 16.1 Å². The molecule has 0 aliphatic carbocycles. The number of hydrogen-bond donors (Lipinski definition) is 2. The van der Waals surface area contributed by atoms with Crippen LogP contribution in [0.4, 0.5) is 4.79 Å². The minimum atomic E-state index is -0.397. The van der Waals surface area contributed by atoms with Crippen molar-refractivity contribution in [1.29, 1.82) is 0 Å². The molecule has 1 atom stereocenters. The Hall–Kier alpha value is -2.68. The van der Waals surface area contributed by atoms with Crippen molar-refractivity contribution in [3.05, 3.63) is 47.9 Å². The minimum Gasteiger partial charge on any atom is -0.493 e. The number of carbonyl (C=O) groups is 2. The van der Waals surface area contributed by atoms with Crippen LogP contribution < -0.4 is 5.32 Å². The number of likely N-dealkylation sites (tertiary alicyclic amines) is 1. The predicted octanol–water partition coefficient (Wildman–Crippen LogP) is 2.21. The van der Waals surface area contributed by atoms with Crippen LogP contribution in [0.25, 0.3) is 0 Å². The fourth-order valence-electron chi connectivity index (χ4n) is 3.25. The van der Waals surface area contributed by atoms with Crippen LogP contribution >= 0.6 is 11.8 Å². The lowest BCUT2D eigenvalue weighted by Crippen LogP contribution is -2.44. The van der Waals surface area contributed by atoms with Gasteiger partial charge < -0.3 is 20.1 Å². The van der Waals surface area contributed by atoms with Gasteiger partial charge in [0, 0.05) is 19.0 Å². The number of rotatable bonds is 3. The molecule has 1 aromatic rings. The first-order chi connectivity index (χ1) is 13.1. The predicted molar refractivity (Wildman–Crippen MR) is 100 cm³/mol. The first-order valence-electron chi connectivity index (χ1n) is 8.81. The first kappa shape index (κ1) is 17.7. The molecule has 3 aliphatic rings. The molecule has 142 valence electrons. The van der Waals surface area contributed by atoms with Crippen molar-refractivity contribution in [2.45, 2.75) is 24.9 Å². The summed E-state index contributed by atoms with van der Waals surface area (Å²) in [5.74, 6) is -0.273. The van der Waals surface area contributed by atoms with Crippen LogP contribution in [0.3, 0.4) is 0 Å². The van der Waals surface area contributed by atoms with E-state index in [2.05, 4.69) is 10.4 Å². The molecule has 0 aromatic heterocycles. The maximum Gasteiger partial charge on any atom is 0.410 e. The number of piperidine rings is 1. The molecule has 9 heteroatoms. The van der Waals surface area contributed by atoms with E-state index in [9.17, 15) is 14.7 Å². The molecule has 27 heavy (non-hydrogen) atoms. The Morgan fingerprint density at radius 3 is 2.78 bits per heavy atom. The third-order valence-corrected chi connectivity index (χ3v) is 5.93. The number of amides is 2. The van der Waals surface area contributed by atoms with Gasteiger partial charge in [-0.1, -0.05) is 42.1 Å². The van der Waals surface area contributed by atoms with Crippen molar-refractivity contribution in [2.24, 2.45) is 11.0 Å². The lowest BCUT2D eigenvalue weighted by molar-refractivity contribution is -0.118. The molecule has 2 amide bonds. The number of hydrogen-bond acceptors (Lipinski definition) is 7. The number of aliphatic hydroxyl groups is 1. The standard InChI is InChI=1S/C18H20N4O4S/c23-14-10-15(24)22-17(19-14)27-16(20-22)13-6-8-21(9-7-13)18(25)26-11-12-4-2-1-3-5-12/h1-5,10,13,17,24H,6-9,11H2,(H,19,23). The van der Waals surface area contributed by atoms with Gasteiger partial charge in [0.05, 0.1) is 6.08 Å². The second kappa shape index (κ2) is 7.51. The number of nitrogens with zero attached hydrogens (tertiary/aromatic N) is 3. The molecular formula is C18H20N4O4S. The maximum absolute atomic E-state index is 12.3. The smallest absolute Gasteiger partial charge is 0.410 e. The minimum absolute atomic E-state index is 0.145. The molecule has 0 bridgehead atoms. The summed E-state index contributed by atoms with van der Waals surface area (Å²) in [6.07, 6.45) is 2.36. The Kier molecular flexibility index (Phi) is 4.93. The van der Waals surface area contributed by atoms with E-state index in [-0.39, 0.29) is 30.4 Å². The van der Waals surface area contributed by atoms with Crippen LogP contribution in [0.5, 0.6) is 0 Å². The summed E-state index contributed by atoms with van der Waals surface area (Å²) in [5.41, 5.74) is 0.565. The van der Waals surface area contributed by atoms with Gasteiger partial charge in [0.15, 0.2) is 5.50 Å². The molecular weight excluding hydrogens is 368 g/mol. The van der Waals surface area contributed by atoms with Gasteiger partial charge >= 0.3 is 6.09 Å². The lowest BCUT2D eigenvalue weighted by atomic mass is 9.98. The van der Waals surface area contributed by atoms with Gasteiger partial charge in [0.25, 0.3) is 5.91 Å². The summed E-state index contributed by atoms with van der Waals surface area (Å²) < 4.78 is 5.39. The summed E-state index contributed by atoms with van der Waals surface area (Å²) in [4.78, 5) is 25.5. The van der Waals surface area contributed by atoms with E-state index in [1.54, 1.807) is 4.90 Å². The van der Waals surface area contributed by atoms with Crippen LogP contribution in [0.1, 0.15) is 18.4 Å². The number of benzene rings is 1. The fraction of sp³-hybridized carbons (Fsp3) is 0.389. The molecule has 3 aliphatic heterocycles. The summed E-state index contributed by atoms with van der Waals surface area (Å²) >= 11 is 1.43. The van der Waals surface area contributed by atoms with Crippen LogP contribution in [0, 0.1) is 5.92 Å². The van der Waals surface area contributed by atoms with Crippen molar-refractivity contribution < 1.29 is 19.4 Å². The molecule has 2 N–H and O–H groups in total. The average molecular weight is 388 g/mol. The highest BCUT2D eigenvalue weighted by molar-refractivity contribution is 8.14. The summed E-state index contributed by atoms with van der Waals surface area (Å²) in [5, 5.41) is 19.4. The monoisotopic (exact) mass is 388 g/mol. The van der Waals surface area contributed by atoms with E-state index in [0.717, 1.165) is 29.5 Å². The number of carbonyl (C=O) groups excluding carboxylic acids is 2. The molecule has 0 spiro atoms. The third kappa shape index (κ3) is 3.87. The van der Waals surface area contributed by atoms with E-state index < -0.39 is 5.50 Å². The average Bonchev–Trinajstić information content (AvgIpc) is 3.11. The van der Waals surface area contributed by atoms with E-state index in [4.69, 9.17) is 4.74 Å². The number of ether oxygens (including phenoxy) is 1. The highest BCUT2D eigenvalue weighted by Crippen LogP contribution is 2.35. The Bertz CT molecular complexity index is 790. The number of fused-ring (bicyclic) bond motifs is 1. The molecule has 1 fully saturated rings. The van der Waals surface area contributed by atoms with Gasteiger partial charge in [0.2, 0.25) is 5.88 Å². The van der Waals surface area contributed by atoms with E-state index in [1.807, 2.05) is 30.3 Å². The fourth-order valence-corrected chi connectivity index (χ4v) is 4.47. The Morgan fingerprint density at radius 1 is 1.30 bits per heavy atom. The normalized spacial score (nSPS) is 22.7. The zero-order valence-electron chi connectivity index (χ0n) is 14.6.